The Hall–Kier alpha value is -1.65. The van der Waals surface area contributed by atoms with E-state index in [0.29, 0.717) is 0 Å². The molecule has 114 valence electrons. The van der Waals surface area contributed by atoms with Crippen molar-refractivity contribution < 1.29 is 20.1 Å². The van der Waals surface area contributed by atoms with Crippen LogP contribution in [0.2, 0.25) is 5.02 Å². The van der Waals surface area contributed by atoms with Crippen molar-refractivity contribution >= 4 is 22.6 Å². The average molecular weight is 318 g/mol. The topological polar surface area (TPSA) is 141 Å². The standard InChI is InChI=1S/C11H12ClN3O6/c12-3-1-15(8-5(3)9(19)14-11(20)13-8)10-7(18)6(17)4(2-16)21-10/h1,4,6-7,10,16-18H,2H2,(H2,13,14,19,20)/t4-,6-,7-,10-/m1/s1. The number of H-pyrrole nitrogens is 2. The Morgan fingerprint density at radius 3 is 2.62 bits per heavy atom. The van der Waals surface area contributed by atoms with Crippen LogP contribution >= 0.6 is 11.6 Å². The van der Waals surface area contributed by atoms with Gasteiger partial charge in [-0.25, -0.2) is 4.79 Å². The average Bonchev–Trinajstić information content (AvgIpc) is 2.89. The number of hydrogen-bond donors (Lipinski definition) is 5. The van der Waals surface area contributed by atoms with Gasteiger partial charge in [0, 0.05) is 6.20 Å². The van der Waals surface area contributed by atoms with Crippen molar-refractivity contribution in [2.24, 2.45) is 0 Å². The Morgan fingerprint density at radius 2 is 2.00 bits per heavy atom. The van der Waals surface area contributed by atoms with Crippen LogP contribution in [0.15, 0.2) is 15.8 Å². The minimum absolute atomic E-state index is 0.0361. The molecule has 1 saturated heterocycles. The quantitative estimate of drug-likeness (QED) is 0.446. The van der Waals surface area contributed by atoms with Gasteiger partial charge in [0.2, 0.25) is 0 Å². The normalized spacial score (nSPS) is 29.3. The van der Waals surface area contributed by atoms with E-state index in [9.17, 15) is 19.8 Å². The fourth-order valence-electron chi connectivity index (χ4n) is 2.45. The molecule has 1 aliphatic heterocycles. The smallest absolute Gasteiger partial charge is 0.327 e. The number of ether oxygens (including phenoxy) is 1. The molecule has 10 heteroatoms. The molecule has 0 radical (unpaired) electrons. The molecule has 0 spiro atoms. The zero-order valence-corrected chi connectivity index (χ0v) is 11.2. The van der Waals surface area contributed by atoms with Gasteiger partial charge in [-0.15, -0.1) is 0 Å². The van der Waals surface area contributed by atoms with E-state index in [1.807, 2.05) is 4.98 Å². The summed E-state index contributed by atoms with van der Waals surface area (Å²) in [6.07, 6.45) is -3.42. The Kier molecular flexibility index (Phi) is 3.38. The zero-order chi connectivity index (χ0) is 15.3. The lowest BCUT2D eigenvalue weighted by Crippen LogP contribution is -2.33. The Morgan fingerprint density at radius 1 is 1.29 bits per heavy atom. The highest BCUT2D eigenvalue weighted by Crippen LogP contribution is 2.33. The highest BCUT2D eigenvalue weighted by Gasteiger charge is 2.44. The van der Waals surface area contributed by atoms with Crippen LogP contribution in [-0.4, -0.2) is 54.8 Å². The third kappa shape index (κ3) is 2.10. The number of nitrogens with one attached hydrogen (secondary N) is 2. The van der Waals surface area contributed by atoms with Gasteiger partial charge >= 0.3 is 5.69 Å². The minimum atomic E-state index is -1.35. The summed E-state index contributed by atoms with van der Waals surface area (Å²) in [6.45, 7) is -0.487. The maximum atomic E-state index is 11.7. The summed E-state index contributed by atoms with van der Waals surface area (Å²) in [5, 5.41) is 28.9. The first-order valence-electron chi connectivity index (χ1n) is 6.09. The van der Waals surface area contributed by atoms with Crippen LogP contribution in [0.3, 0.4) is 0 Å². The maximum Gasteiger partial charge on any atom is 0.327 e. The number of aromatic amines is 2. The van der Waals surface area contributed by atoms with E-state index in [4.69, 9.17) is 21.4 Å². The summed E-state index contributed by atoms with van der Waals surface area (Å²) in [5.41, 5.74) is -1.36. The Labute approximate surface area is 121 Å². The van der Waals surface area contributed by atoms with E-state index in [2.05, 4.69) is 4.98 Å². The third-order valence-corrected chi connectivity index (χ3v) is 3.75. The molecule has 0 saturated carbocycles. The van der Waals surface area contributed by atoms with E-state index in [1.165, 1.54) is 10.8 Å². The number of aliphatic hydroxyl groups is 3. The Balaban J connectivity index is 2.18. The van der Waals surface area contributed by atoms with Crippen LogP contribution in [-0.2, 0) is 4.74 Å². The van der Waals surface area contributed by atoms with Crippen molar-refractivity contribution in [3.05, 3.63) is 32.1 Å². The van der Waals surface area contributed by atoms with Gasteiger partial charge in [-0.3, -0.25) is 14.8 Å². The number of nitrogens with zero attached hydrogens (tertiary/aromatic N) is 1. The first kappa shape index (κ1) is 14.3. The molecule has 2 aromatic rings. The van der Waals surface area contributed by atoms with Gasteiger partial charge in [0.1, 0.15) is 29.3 Å². The molecule has 3 heterocycles. The summed E-state index contributed by atoms with van der Waals surface area (Å²) in [7, 11) is 0. The second-order valence-corrected chi connectivity index (χ2v) is 5.15. The number of aromatic nitrogens is 3. The van der Waals surface area contributed by atoms with Crippen molar-refractivity contribution in [1.82, 2.24) is 14.5 Å². The van der Waals surface area contributed by atoms with Gasteiger partial charge < -0.3 is 24.6 Å². The molecule has 2 aromatic heterocycles. The van der Waals surface area contributed by atoms with Crippen molar-refractivity contribution in [2.75, 3.05) is 6.61 Å². The lowest BCUT2D eigenvalue weighted by atomic mass is 10.1. The first-order valence-corrected chi connectivity index (χ1v) is 6.47. The molecule has 3 rings (SSSR count). The van der Waals surface area contributed by atoms with Gasteiger partial charge in [-0.2, -0.15) is 0 Å². The lowest BCUT2D eigenvalue weighted by molar-refractivity contribution is -0.0508. The molecule has 21 heavy (non-hydrogen) atoms. The number of fused-ring (bicyclic) bond motifs is 1. The second kappa shape index (κ2) is 4.97. The molecule has 4 atom stereocenters. The number of rotatable bonds is 2. The van der Waals surface area contributed by atoms with Crippen molar-refractivity contribution in [1.29, 1.82) is 0 Å². The van der Waals surface area contributed by atoms with Crippen LogP contribution < -0.4 is 11.2 Å². The molecule has 1 aliphatic rings. The summed E-state index contributed by atoms with van der Waals surface area (Å²) >= 11 is 5.96. The van der Waals surface area contributed by atoms with E-state index < -0.39 is 42.4 Å². The molecule has 9 nitrogen and oxygen atoms in total. The van der Waals surface area contributed by atoms with Crippen molar-refractivity contribution in [3.8, 4) is 0 Å². The molecular weight excluding hydrogens is 306 g/mol. The van der Waals surface area contributed by atoms with Crippen LogP contribution in [0.1, 0.15) is 6.23 Å². The number of hydrogen-bond acceptors (Lipinski definition) is 6. The predicted molar refractivity (Wildman–Crippen MR) is 71.2 cm³/mol. The highest BCUT2D eigenvalue weighted by molar-refractivity contribution is 6.35. The fraction of sp³-hybridized carbons (Fsp3) is 0.455. The van der Waals surface area contributed by atoms with Gasteiger partial charge in [0.05, 0.1) is 11.6 Å². The van der Waals surface area contributed by atoms with Gasteiger partial charge in [0.25, 0.3) is 5.56 Å². The van der Waals surface area contributed by atoms with E-state index in [-0.39, 0.29) is 16.1 Å². The second-order valence-electron chi connectivity index (χ2n) is 4.75. The van der Waals surface area contributed by atoms with E-state index in [0.717, 1.165) is 0 Å². The summed E-state index contributed by atoms with van der Waals surface area (Å²) in [5.74, 6) is 0. The molecule has 0 unspecified atom stereocenters. The van der Waals surface area contributed by atoms with Crippen molar-refractivity contribution in [3.63, 3.8) is 0 Å². The van der Waals surface area contributed by atoms with Crippen LogP contribution in [0, 0.1) is 0 Å². The van der Waals surface area contributed by atoms with Gasteiger partial charge in [0.15, 0.2) is 6.23 Å². The summed E-state index contributed by atoms with van der Waals surface area (Å²) in [4.78, 5) is 27.6. The highest BCUT2D eigenvalue weighted by atomic mass is 35.5. The molecular formula is C11H12ClN3O6. The monoisotopic (exact) mass is 317 g/mol. The molecule has 0 aromatic carbocycles. The van der Waals surface area contributed by atoms with Crippen LogP contribution in [0.25, 0.3) is 11.0 Å². The summed E-state index contributed by atoms with van der Waals surface area (Å²) in [6, 6.07) is 0. The number of aliphatic hydroxyl groups excluding tert-OH is 3. The van der Waals surface area contributed by atoms with Crippen LogP contribution in [0.4, 0.5) is 0 Å². The zero-order valence-electron chi connectivity index (χ0n) is 10.5. The minimum Gasteiger partial charge on any atom is -0.394 e. The largest absolute Gasteiger partial charge is 0.394 e. The molecule has 0 aliphatic carbocycles. The van der Waals surface area contributed by atoms with E-state index >= 15 is 0 Å². The van der Waals surface area contributed by atoms with Crippen molar-refractivity contribution in [2.45, 2.75) is 24.5 Å². The Bertz CT molecular complexity index is 795. The molecule has 0 bridgehead atoms. The van der Waals surface area contributed by atoms with E-state index in [1.54, 1.807) is 0 Å². The maximum absolute atomic E-state index is 11.7. The fourth-order valence-corrected chi connectivity index (χ4v) is 2.73. The molecule has 0 amide bonds. The predicted octanol–water partition coefficient (Wildman–Crippen LogP) is -1.72. The van der Waals surface area contributed by atoms with Gasteiger partial charge in [-0.05, 0) is 0 Å². The van der Waals surface area contributed by atoms with Gasteiger partial charge in [-0.1, -0.05) is 11.6 Å². The lowest BCUT2D eigenvalue weighted by Gasteiger charge is -2.17. The SMILES string of the molecule is O=c1[nH]c(=O)c2c(Cl)cn([C@@H]3O[C@H](CO)[C@@H](O)[C@H]3O)c2[nH]1. The third-order valence-electron chi connectivity index (χ3n) is 3.46. The molecule has 1 fully saturated rings. The number of halogens is 1. The first-order chi connectivity index (χ1) is 9.93. The molecule has 5 N–H and O–H groups in total. The van der Waals surface area contributed by atoms with Crippen LogP contribution in [0.5, 0.6) is 0 Å². The summed E-state index contributed by atoms with van der Waals surface area (Å²) < 4.78 is 6.59.